The number of aliphatic carboxylic acids is 1. The van der Waals surface area contributed by atoms with Gasteiger partial charge < -0.3 is 15.2 Å². The number of aromatic nitrogens is 2. The molecule has 0 bridgehead atoms. The van der Waals surface area contributed by atoms with E-state index >= 15 is 0 Å². The van der Waals surface area contributed by atoms with Crippen LogP contribution in [0, 0.1) is 0 Å². The van der Waals surface area contributed by atoms with Crippen LogP contribution in [0.25, 0.3) is 10.9 Å². The van der Waals surface area contributed by atoms with E-state index in [2.05, 4.69) is 15.5 Å². The normalized spacial score (nSPS) is 21.5. The molecule has 1 aliphatic rings. The van der Waals surface area contributed by atoms with Gasteiger partial charge in [-0.2, -0.15) is 5.10 Å². The van der Waals surface area contributed by atoms with Crippen molar-refractivity contribution < 1.29 is 19.4 Å². The Hall–Kier alpha value is -2.41. The van der Waals surface area contributed by atoms with E-state index in [4.69, 9.17) is 9.84 Å². The molecule has 3 N–H and O–H groups in total. The van der Waals surface area contributed by atoms with Crippen LogP contribution in [-0.4, -0.2) is 45.9 Å². The molecule has 1 amide bonds. The van der Waals surface area contributed by atoms with Crippen LogP contribution in [0.15, 0.2) is 24.4 Å². The highest BCUT2D eigenvalue weighted by molar-refractivity contribution is 5.97. The van der Waals surface area contributed by atoms with E-state index < -0.39 is 12.1 Å². The first-order chi connectivity index (χ1) is 10.1. The van der Waals surface area contributed by atoms with Crippen LogP contribution in [-0.2, 0) is 9.53 Å². The van der Waals surface area contributed by atoms with Crippen molar-refractivity contribution in [1.82, 2.24) is 15.5 Å². The second-order valence-corrected chi connectivity index (χ2v) is 5.04. The van der Waals surface area contributed by atoms with Gasteiger partial charge in [-0.3, -0.25) is 9.89 Å². The third-order valence-electron chi connectivity index (χ3n) is 3.58. The molecule has 1 aromatic carbocycles. The van der Waals surface area contributed by atoms with E-state index in [0.29, 0.717) is 24.9 Å². The van der Waals surface area contributed by atoms with Gasteiger partial charge in [-0.05, 0) is 31.0 Å². The topological polar surface area (TPSA) is 104 Å². The third kappa shape index (κ3) is 2.87. The van der Waals surface area contributed by atoms with Crippen molar-refractivity contribution in [3.05, 3.63) is 30.0 Å². The number of ether oxygens (including phenoxy) is 1. The summed E-state index contributed by atoms with van der Waals surface area (Å²) in [6.07, 6.45) is 1.78. The van der Waals surface area contributed by atoms with Gasteiger partial charge in [0.05, 0.1) is 17.8 Å². The van der Waals surface area contributed by atoms with Crippen LogP contribution in [0.3, 0.4) is 0 Å². The third-order valence-corrected chi connectivity index (χ3v) is 3.58. The average Bonchev–Trinajstić information content (AvgIpc) is 3.12. The summed E-state index contributed by atoms with van der Waals surface area (Å²) in [4.78, 5) is 22.9. The summed E-state index contributed by atoms with van der Waals surface area (Å²) < 4.78 is 5.34. The number of fused-ring (bicyclic) bond motifs is 1. The summed E-state index contributed by atoms with van der Waals surface area (Å²) in [6.45, 7) is 0.312. The molecule has 1 aromatic heterocycles. The minimum absolute atomic E-state index is 0.208. The van der Waals surface area contributed by atoms with Crippen LogP contribution in [0.4, 0.5) is 0 Å². The number of nitrogens with one attached hydrogen (secondary N) is 2. The Bertz CT molecular complexity index is 682. The zero-order valence-corrected chi connectivity index (χ0v) is 11.2. The number of carboxylic acid groups (broad SMARTS) is 1. The largest absolute Gasteiger partial charge is 0.479 e. The predicted molar refractivity (Wildman–Crippen MR) is 74.0 cm³/mol. The van der Waals surface area contributed by atoms with Gasteiger partial charge in [0.2, 0.25) is 0 Å². The summed E-state index contributed by atoms with van der Waals surface area (Å²) >= 11 is 0. The Balaban J connectivity index is 1.58. The number of carbonyl (C=O) groups excluding carboxylic acids is 1. The Morgan fingerprint density at radius 1 is 1.43 bits per heavy atom. The second-order valence-electron chi connectivity index (χ2n) is 5.04. The number of benzene rings is 1. The molecule has 1 fully saturated rings. The Morgan fingerprint density at radius 2 is 2.29 bits per heavy atom. The lowest BCUT2D eigenvalue weighted by Crippen LogP contribution is -2.33. The van der Waals surface area contributed by atoms with Crippen LogP contribution >= 0.6 is 0 Å². The smallest absolute Gasteiger partial charge is 0.332 e. The summed E-state index contributed by atoms with van der Waals surface area (Å²) in [5.74, 6) is -1.16. The minimum Gasteiger partial charge on any atom is -0.479 e. The molecule has 110 valence electrons. The van der Waals surface area contributed by atoms with Crippen molar-refractivity contribution >= 4 is 22.8 Å². The number of aromatic amines is 1. The fourth-order valence-electron chi connectivity index (χ4n) is 2.43. The quantitative estimate of drug-likeness (QED) is 0.776. The number of hydrogen-bond donors (Lipinski definition) is 3. The van der Waals surface area contributed by atoms with Gasteiger partial charge in [0.1, 0.15) is 0 Å². The zero-order valence-electron chi connectivity index (χ0n) is 11.2. The molecular weight excluding hydrogens is 274 g/mol. The highest BCUT2D eigenvalue weighted by Crippen LogP contribution is 2.19. The molecule has 0 spiro atoms. The van der Waals surface area contributed by atoms with Crippen molar-refractivity contribution in [3.8, 4) is 0 Å². The van der Waals surface area contributed by atoms with Crippen molar-refractivity contribution in [1.29, 1.82) is 0 Å². The lowest BCUT2D eigenvalue weighted by molar-refractivity contribution is -0.149. The van der Waals surface area contributed by atoms with Gasteiger partial charge in [-0.25, -0.2) is 4.79 Å². The number of amides is 1. The first-order valence-electron chi connectivity index (χ1n) is 6.73. The summed E-state index contributed by atoms with van der Waals surface area (Å²) in [5, 5.41) is 19.2. The Labute approximate surface area is 120 Å². The van der Waals surface area contributed by atoms with Crippen LogP contribution in [0.5, 0.6) is 0 Å². The maximum Gasteiger partial charge on any atom is 0.332 e. The van der Waals surface area contributed by atoms with E-state index in [-0.39, 0.29) is 12.0 Å². The number of carbonyl (C=O) groups is 2. The molecule has 0 aliphatic carbocycles. The Morgan fingerprint density at radius 3 is 3.05 bits per heavy atom. The average molecular weight is 289 g/mol. The van der Waals surface area contributed by atoms with Crippen molar-refractivity contribution in [2.24, 2.45) is 0 Å². The van der Waals surface area contributed by atoms with Gasteiger partial charge in [0.15, 0.2) is 6.10 Å². The van der Waals surface area contributed by atoms with Gasteiger partial charge >= 0.3 is 5.97 Å². The van der Waals surface area contributed by atoms with Gasteiger partial charge in [-0.1, -0.05) is 0 Å². The fraction of sp³-hybridized carbons (Fsp3) is 0.357. The predicted octanol–water partition coefficient (Wildman–Crippen LogP) is 0.925. The molecule has 0 saturated carbocycles. The number of nitrogens with zero attached hydrogens (tertiary/aromatic N) is 1. The van der Waals surface area contributed by atoms with E-state index in [1.54, 1.807) is 24.4 Å². The summed E-state index contributed by atoms with van der Waals surface area (Å²) in [5.41, 5.74) is 1.41. The van der Waals surface area contributed by atoms with E-state index in [9.17, 15) is 9.59 Å². The van der Waals surface area contributed by atoms with E-state index in [0.717, 1.165) is 10.9 Å². The zero-order chi connectivity index (χ0) is 14.8. The molecule has 2 atom stereocenters. The highest BCUT2D eigenvalue weighted by atomic mass is 16.5. The molecule has 2 unspecified atom stereocenters. The molecule has 7 heteroatoms. The van der Waals surface area contributed by atoms with Gasteiger partial charge in [-0.15, -0.1) is 0 Å². The molecule has 1 aliphatic heterocycles. The van der Waals surface area contributed by atoms with E-state index in [1.165, 1.54) is 0 Å². The molecule has 21 heavy (non-hydrogen) atoms. The van der Waals surface area contributed by atoms with Crippen LogP contribution in [0.1, 0.15) is 23.2 Å². The van der Waals surface area contributed by atoms with Gasteiger partial charge in [0.25, 0.3) is 5.91 Å². The first-order valence-corrected chi connectivity index (χ1v) is 6.73. The number of rotatable bonds is 4. The fourth-order valence-corrected chi connectivity index (χ4v) is 2.43. The molecule has 7 nitrogen and oxygen atoms in total. The summed E-state index contributed by atoms with van der Waals surface area (Å²) in [6, 6.07) is 5.26. The molecule has 2 aromatic rings. The maximum atomic E-state index is 12.1. The number of carboxylic acids is 1. The van der Waals surface area contributed by atoms with Crippen molar-refractivity contribution in [2.75, 3.05) is 6.54 Å². The minimum atomic E-state index is -0.950. The van der Waals surface area contributed by atoms with E-state index in [1.807, 2.05) is 0 Å². The molecular formula is C14H15N3O4. The standard InChI is InChI=1S/C14H15N3O4/c18-13(8-1-3-11-9(5-8)6-16-17-11)15-7-10-2-4-12(21-10)14(19)20/h1,3,5-6,10,12H,2,4,7H2,(H,15,18)(H,16,17)(H,19,20). The molecule has 2 heterocycles. The van der Waals surface area contributed by atoms with Crippen molar-refractivity contribution in [2.45, 2.75) is 25.0 Å². The van der Waals surface area contributed by atoms with Crippen molar-refractivity contribution in [3.63, 3.8) is 0 Å². The molecule has 0 radical (unpaired) electrons. The van der Waals surface area contributed by atoms with Gasteiger partial charge in [0, 0.05) is 17.5 Å². The summed E-state index contributed by atoms with van der Waals surface area (Å²) in [7, 11) is 0. The lowest BCUT2D eigenvalue weighted by Gasteiger charge is -2.12. The SMILES string of the molecule is O=C(NCC1CCC(C(=O)O)O1)c1ccc2[nH]ncc2c1. The second kappa shape index (κ2) is 5.53. The molecule has 3 rings (SSSR count). The number of hydrogen-bond acceptors (Lipinski definition) is 4. The first kappa shape index (κ1) is 13.6. The maximum absolute atomic E-state index is 12.1. The highest BCUT2D eigenvalue weighted by Gasteiger charge is 2.30. The molecule has 1 saturated heterocycles. The lowest BCUT2D eigenvalue weighted by atomic mass is 10.1. The van der Waals surface area contributed by atoms with Crippen LogP contribution < -0.4 is 5.32 Å². The Kier molecular flexibility index (Phi) is 3.57. The number of H-pyrrole nitrogens is 1. The van der Waals surface area contributed by atoms with Crippen LogP contribution in [0.2, 0.25) is 0 Å². The monoisotopic (exact) mass is 289 g/mol.